The van der Waals surface area contributed by atoms with Crippen molar-refractivity contribution in [3.8, 4) is 34.3 Å². The van der Waals surface area contributed by atoms with Crippen molar-refractivity contribution in [2.75, 3.05) is 91.9 Å². The van der Waals surface area contributed by atoms with Gasteiger partial charge in [0.05, 0.1) is 64.9 Å². The first kappa shape index (κ1) is 63.5. The zero-order valence-electron chi connectivity index (χ0n) is 45.1. The Morgan fingerprint density at radius 2 is 1.03 bits per heavy atom. The van der Waals surface area contributed by atoms with Crippen LogP contribution in [-0.2, 0) is 45.7 Å². The number of aliphatic hydroxyl groups is 2. The third-order valence-electron chi connectivity index (χ3n) is 13.8. The molecule has 8 rings (SSSR count). The van der Waals surface area contributed by atoms with Crippen molar-refractivity contribution in [2.24, 2.45) is 5.16 Å². The lowest BCUT2D eigenvalue weighted by Crippen LogP contribution is -2.49. The summed E-state index contributed by atoms with van der Waals surface area (Å²) < 4.78 is 71.7. The van der Waals surface area contributed by atoms with E-state index >= 15 is 0 Å². The standard InChI is InChI=1S/C26H36N6O6S.C26H35N5O6S.CH4.H2O/c1-4-7-22-21(17-27-35)19(5-2)24-26(34)28-25(29-32(22)24)20-16-18(8-9-23(20)38-6-3)39(36,37)31-12-10-30(11-13-31)14-15-33;1-4-7-22-21(17-33)19(5-2)24-26(34)27-25(28-31(22)24)20-16-18(8-9-23(20)37-6-3)38(35,36)30-12-10-29(11-13-30)14-15-32;;/h8-9,16-17,33,35H,4-7,10-15H2,1-3H3,(H,28,29,34);8-9,16-17,32H,4-7,10-15H2,1-3H3,(H,27,28,34);1H4;1H2/b27-17+;;;. The van der Waals surface area contributed by atoms with Crippen molar-refractivity contribution >= 4 is 43.6 Å². The molecule has 2 aliphatic rings. The van der Waals surface area contributed by atoms with Gasteiger partial charge in [0, 0.05) is 76.6 Å². The molecule has 0 atom stereocenters. The summed E-state index contributed by atoms with van der Waals surface area (Å²) in [6, 6.07) is 9.14. The summed E-state index contributed by atoms with van der Waals surface area (Å²) in [5.74, 6) is 1.10. The van der Waals surface area contributed by atoms with Gasteiger partial charge >= 0.3 is 0 Å². The summed E-state index contributed by atoms with van der Waals surface area (Å²) in [6.07, 6.45) is 5.80. The minimum Gasteiger partial charge on any atom is -0.493 e. The maximum atomic E-state index is 13.6. The first-order valence-corrected chi connectivity index (χ1v) is 29.2. The summed E-state index contributed by atoms with van der Waals surface area (Å²) in [4.78, 5) is 48.5. The normalized spacial score (nSPS) is 15.0. The zero-order valence-corrected chi connectivity index (χ0v) is 46.8. The fraction of sp³-hybridized carbons (Fsp3) is 0.509. The molecule has 2 fully saturated rings. The number of aldehydes is 1. The number of nitrogens with zero attached hydrogens (tertiary/aromatic N) is 9. The number of oxime groups is 1. The van der Waals surface area contributed by atoms with E-state index in [0.717, 1.165) is 30.4 Å². The molecule has 2 aliphatic heterocycles. The van der Waals surface area contributed by atoms with Gasteiger partial charge in [-0.1, -0.05) is 53.1 Å². The van der Waals surface area contributed by atoms with Crippen molar-refractivity contribution in [2.45, 2.75) is 97.3 Å². The van der Waals surface area contributed by atoms with Crippen LogP contribution in [0, 0.1) is 0 Å². The number of aromatic nitrogens is 6. The van der Waals surface area contributed by atoms with E-state index < -0.39 is 25.6 Å². The number of carbonyl (C=O) groups excluding carboxylic acids is 1. The molecule has 0 spiro atoms. The summed E-state index contributed by atoms with van der Waals surface area (Å²) in [7, 11) is -7.66. The fourth-order valence-corrected chi connectivity index (χ4v) is 13.0. The van der Waals surface area contributed by atoms with Crippen molar-refractivity contribution in [3.05, 3.63) is 90.7 Å². The second-order valence-electron chi connectivity index (χ2n) is 18.5. The van der Waals surface area contributed by atoms with Crippen LogP contribution in [0.25, 0.3) is 33.8 Å². The molecule has 0 amide bonds. The van der Waals surface area contributed by atoms with Crippen LogP contribution in [-0.4, -0.2) is 190 Å². The van der Waals surface area contributed by atoms with E-state index in [1.54, 1.807) is 16.6 Å². The van der Waals surface area contributed by atoms with Gasteiger partial charge in [0.15, 0.2) is 17.9 Å². The molecule has 24 nitrogen and oxygen atoms in total. The maximum Gasteiger partial charge on any atom is 0.275 e. The number of H-pyrrole nitrogens is 2. The maximum absolute atomic E-state index is 13.6. The summed E-state index contributed by atoms with van der Waals surface area (Å²) in [6.45, 7) is 16.5. The third-order valence-corrected chi connectivity index (χ3v) is 17.6. The minimum atomic E-state index is -3.83. The number of aromatic amines is 2. The molecule has 0 saturated carbocycles. The number of piperazine rings is 2. The van der Waals surface area contributed by atoms with Crippen LogP contribution in [0.15, 0.2) is 60.9 Å². The minimum absolute atomic E-state index is 0. The predicted octanol–water partition coefficient (Wildman–Crippen LogP) is 3.24. The quantitative estimate of drug-likeness (QED) is 0.0282. The van der Waals surface area contributed by atoms with Gasteiger partial charge < -0.3 is 40.3 Å². The molecule has 6 heterocycles. The molecule has 2 aromatic carbocycles. The lowest BCUT2D eigenvalue weighted by atomic mass is 10.1. The molecule has 79 heavy (non-hydrogen) atoms. The molecule has 434 valence electrons. The number of carbonyl (C=O) groups is 1. The van der Waals surface area contributed by atoms with Crippen LogP contribution in [0.5, 0.6) is 11.5 Å². The average molecular weight is 1140 g/mol. The summed E-state index contributed by atoms with van der Waals surface area (Å²) >= 11 is 0. The predicted molar refractivity (Wildman–Crippen MR) is 301 cm³/mol. The number of hydrogen-bond donors (Lipinski definition) is 5. The van der Waals surface area contributed by atoms with Crippen LogP contribution >= 0.6 is 0 Å². The van der Waals surface area contributed by atoms with Gasteiger partial charge in [0.25, 0.3) is 11.1 Å². The topological polar surface area (TPSA) is 322 Å². The van der Waals surface area contributed by atoms with Crippen LogP contribution in [0.1, 0.15) is 100 Å². The Hall–Kier alpha value is -6.36. The highest BCUT2D eigenvalue weighted by Crippen LogP contribution is 2.34. The van der Waals surface area contributed by atoms with Crippen LogP contribution in [0.4, 0.5) is 0 Å². The second-order valence-corrected chi connectivity index (χ2v) is 22.4. The van der Waals surface area contributed by atoms with E-state index in [1.165, 1.54) is 43.6 Å². The lowest BCUT2D eigenvalue weighted by molar-refractivity contribution is 0.112. The smallest absolute Gasteiger partial charge is 0.275 e. The molecule has 6 aromatic rings. The Bertz CT molecular complexity index is 3430. The van der Waals surface area contributed by atoms with Crippen molar-refractivity contribution in [1.82, 2.24) is 47.6 Å². The molecule has 0 bridgehead atoms. The number of ether oxygens (including phenoxy) is 2. The van der Waals surface area contributed by atoms with Gasteiger partial charge in [-0.2, -0.15) is 8.61 Å². The molecular weight excluding hydrogens is 1060 g/mol. The first-order chi connectivity index (χ1) is 37.1. The van der Waals surface area contributed by atoms with E-state index in [0.29, 0.717) is 160 Å². The number of rotatable bonds is 22. The largest absolute Gasteiger partial charge is 0.493 e. The Kier molecular flexibility index (Phi) is 22.6. The van der Waals surface area contributed by atoms with Gasteiger partial charge in [-0.15, -0.1) is 10.2 Å². The molecule has 0 aliphatic carbocycles. The number of hydrogen-bond acceptors (Lipinski definition) is 17. The molecule has 0 unspecified atom stereocenters. The molecule has 4 aromatic heterocycles. The van der Waals surface area contributed by atoms with Crippen molar-refractivity contribution in [1.29, 1.82) is 0 Å². The molecule has 2 saturated heterocycles. The van der Waals surface area contributed by atoms with Crippen molar-refractivity contribution in [3.63, 3.8) is 0 Å². The van der Waals surface area contributed by atoms with Crippen molar-refractivity contribution < 1.29 is 52.0 Å². The number of aryl methyl sites for hydroxylation is 4. The third kappa shape index (κ3) is 13.1. The number of aliphatic hydroxyl groups excluding tert-OH is 2. The highest BCUT2D eigenvalue weighted by molar-refractivity contribution is 7.89. The first-order valence-electron chi connectivity index (χ1n) is 26.3. The summed E-state index contributed by atoms with van der Waals surface area (Å²) in [5.41, 5.74) is 4.46. The second kappa shape index (κ2) is 28.2. The number of β-amino-alcohol motifs (C(OH)–C–C–N with tert-alkyl or cyclic N) is 2. The Morgan fingerprint density at radius 1 is 0.633 bits per heavy atom. The summed E-state index contributed by atoms with van der Waals surface area (Å²) in [5, 5.41) is 40.3. The number of benzene rings is 2. The molecule has 0 radical (unpaired) electrons. The molecular formula is C53H77N11O13S2. The van der Waals surface area contributed by atoms with E-state index in [9.17, 15) is 46.6 Å². The van der Waals surface area contributed by atoms with E-state index in [2.05, 4.69) is 15.1 Å². The molecule has 7 N–H and O–H groups in total. The molecule has 26 heteroatoms. The zero-order chi connectivity index (χ0) is 55.6. The SMILES string of the molecule is C.CCCc1c(/C=N/O)c(CC)c2c(=O)[nH]c(-c3cc(S(=O)(=O)N4CCN(CCO)CC4)ccc3OCC)nn12.CCCc1c(C=O)c(CC)c2c(=O)[nH]c(-c3cc(S(=O)(=O)N4CCN(CCO)CC4)ccc3OCC)nn12.O. The van der Waals surface area contributed by atoms with Gasteiger partial charge in [-0.25, -0.2) is 25.9 Å². The van der Waals surface area contributed by atoms with Crippen LogP contribution in [0.2, 0.25) is 0 Å². The Morgan fingerprint density at radius 3 is 1.37 bits per heavy atom. The van der Waals surface area contributed by atoms with Crippen LogP contribution in [0.3, 0.4) is 0 Å². The lowest BCUT2D eigenvalue weighted by Gasteiger charge is -2.33. The van der Waals surface area contributed by atoms with Crippen LogP contribution < -0.4 is 20.6 Å². The average Bonchev–Trinajstić information content (AvgIpc) is 4.08. The Balaban J connectivity index is 0.000000284. The van der Waals surface area contributed by atoms with E-state index in [4.69, 9.17) is 19.7 Å². The number of fused-ring (bicyclic) bond motifs is 2. The van der Waals surface area contributed by atoms with Gasteiger partial charge in [-0.05, 0) is 87.1 Å². The highest BCUT2D eigenvalue weighted by atomic mass is 32.2. The Labute approximate surface area is 460 Å². The monoisotopic (exact) mass is 1140 g/mol. The number of sulfonamides is 2. The highest BCUT2D eigenvalue weighted by Gasteiger charge is 2.32. The van der Waals surface area contributed by atoms with Gasteiger partial charge in [0.1, 0.15) is 22.5 Å². The number of nitrogens with one attached hydrogen (secondary N) is 2. The van der Waals surface area contributed by atoms with E-state index in [1.807, 2.05) is 51.3 Å². The fourth-order valence-electron chi connectivity index (χ4n) is 10.1. The van der Waals surface area contributed by atoms with Gasteiger partial charge in [-0.3, -0.25) is 24.2 Å². The van der Waals surface area contributed by atoms with E-state index in [-0.39, 0.29) is 53.1 Å². The van der Waals surface area contributed by atoms with Gasteiger partial charge in [0.2, 0.25) is 20.0 Å².